The second-order valence-corrected chi connectivity index (χ2v) is 17.8. The highest BCUT2D eigenvalue weighted by Gasteiger charge is 2.46. The van der Waals surface area contributed by atoms with Gasteiger partial charge >= 0.3 is 0 Å². The van der Waals surface area contributed by atoms with Crippen molar-refractivity contribution in [2.45, 2.75) is 63.8 Å². The second-order valence-electron chi connectivity index (χ2n) is 17.5. The van der Waals surface area contributed by atoms with Crippen molar-refractivity contribution >= 4 is 46.9 Å². The van der Waals surface area contributed by atoms with Gasteiger partial charge in [-0.2, -0.15) is 5.26 Å². The number of likely N-dealkylation sites (tertiary alicyclic amines) is 1. The SMILES string of the molecule is Cc1cc(C(C)(C)c2ccc(OCc3ccnc(N4CCN(C5CN(C6CN(c7ccc8c(c7)C(=O)N(C7CCC(=O)NC7=O)C8=O)C6)C5)CC4)n3)cc2)cc(C#N)c1OCCCl. The number of nitrogens with zero attached hydrogens (tertiary/aromatic N) is 8. The van der Waals surface area contributed by atoms with Crippen LogP contribution in [0, 0.1) is 18.3 Å². The standard InChI is InChI=1S/C47H50ClN9O6/c1-29-20-32(21-30(23-49)42(29)62-19-13-48)47(2,3)31-4-7-37(8-5-31)63-28-33-12-14-50-46(51-33)54-17-15-53(16-18-54)35-24-56(25-35)36-26-55(27-36)34-6-9-38-39(22-34)45(61)57(44(38)60)40-10-11-41(58)52-43(40)59/h4-9,12,14,20-22,35-36,40H,10-11,13,15-19,24-28H2,1-3H3,(H,52,58,59). The molecule has 326 valence electrons. The average molecular weight is 872 g/mol. The Morgan fingerprint density at radius 3 is 2.29 bits per heavy atom. The molecule has 0 spiro atoms. The molecule has 4 saturated heterocycles. The molecule has 1 atom stereocenters. The molecule has 5 aliphatic heterocycles. The van der Waals surface area contributed by atoms with Crippen LogP contribution in [0.4, 0.5) is 11.6 Å². The quantitative estimate of drug-likeness (QED) is 0.150. The van der Waals surface area contributed by atoms with Crippen molar-refractivity contribution in [3.8, 4) is 17.6 Å². The first-order chi connectivity index (χ1) is 30.4. The van der Waals surface area contributed by atoms with E-state index in [4.69, 9.17) is 26.1 Å². The number of amides is 4. The highest BCUT2D eigenvalue weighted by Crippen LogP contribution is 2.37. The van der Waals surface area contributed by atoms with Crippen LogP contribution in [0.2, 0.25) is 0 Å². The van der Waals surface area contributed by atoms with E-state index in [2.05, 4.69) is 68.0 Å². The summed E-state index contributed by atoms with van der Waals surface area (Å²) < 4.78 is 11.9. The number of carbonyl (C=O) groups is 4. The topological polar surface area (TPSA) is 165 Å². The second kappa shape index (κ2) is 17.2. The Kier molecular flexibility index (Phi) is 11.6. The van der Waals surface area contributed by atoms with Crippen molar-refractivity contribution in [2.75, 3.05) is 74.6 Å². The van der Waals surface area contributed by atoms with Gasteiger partial charge in [0.2, 0.25) is 17.8 Å². The van der Waals surface area contributed by atoms with Crippen molar-refractivity contribution < 1.29 is 28.7 Å². The van der Waals surface area contributed by atoms with Crippen molar-refractivity contribution in [1.29, 1.82) is 5.26 Å². The van der Waals surface area contributed by atoms with E-state index in [1.54, 1.807) is 18.3 Å². The van der Waals surface area contributed by atoms with E-state index in [-0.39, 0.29) is 18.3 Å². The molecule has 0 saturated carbocycles. The first kappa shape index (κ1) is 42.2. The highest BCUT2D eigenvalue weighted by molar-refractivity contribution is 6.23. The molecule has 16 heteroatoms. The van der Waals surface area contributed by atoms with Crippen LogP contribution < -0.4 is 24.6 Å². The van der Waals surface area contributed by atoms with E-state index < -0.39 is 29.7 Å². The Labute approximate surface area is 371 Å². The summed E-state index contributed by atoms with van der Waals surface area (Å²) in [5, 5.41) is 12.1. The van der Waals surface area contributed by atoms with Gasteiger partial charge in [-0.15, -0.1) is 11.6 Å². The number of alkyl halides is 1. The van der Waals surface area contributed by atoms with E-state index in [0.717, 1.165) is 91.1 Å². The third-order valence-corrected chi connectivity index (χ3v) is 13.4. The van der Waals surface area contributed by atoms with Gasteiger partial charge in [-0.25, -0.2) is 9.97 Å². The summed E-state index contributed by atoms with van der Waals surface area (Å²) in [4.78, 5) is 70.5. The number of ether oxygens (including phenoxy) is 2. The third-order valence-electron chi connectivity index (χ3n) is 13.3. The van der Waals surface area contributed by atoms with Crippen molar-refractivity contribution in [3.05, 3.63) is 106 Å². The number of hydrogen-bond donors (Lipinski definition) is 1. The smallest absolute Gasteiger partial charge is 0.262 e. The van der Waals surface area contributed by atoms with Gasteiger partial charge < -0.3 is 19.3 Å². The van der Waals surface area contributed by atoms with Crippen LogP contribution in [0.3, 0.4) is 0 Å². The Bertz CT molecular complexity index is 2490. The van der Waals surface area contributed by atoms with E-state index in [0.29, 0.717) is 59.6 Å². The zero-order chi connectivity index (χ0) is 44.0. The zero-order valence-corrected chi connectivity index (χ0v) is 36.4. The minimum absolute atomic E-state index is 0.0928. The molecule has 1 unspecified atom stereocenters. The zero-order valence-electron chi connectivity index (χ0n) is 35.7. The van der Waals surface area contributed by atoms with Crippen LogP contribution in [0.1, 0.15) is 75.4 Å². The maximum Gasteiger partial charge on any atom is 0.262 e. The Morgan fingerprint density at radius 1 is 0.841 bits per heavy atom. The highest BCUT2D eigenvalue weighted by atomic mass is 35.5. The number of fused-ring (bicyclic) bond motifs is 1. The van der Waals surface area contributed by atoms with Gasteiger partial charge in [0.1, 0.15) is 36.8 Å². The number of anilines is 2. The summed E-state index contributed by atoms with van der Waals surface area (Å²) in [5.74, 6) is 0.419. The number of rotatable bonds is 13. The molecule has 6 heterocycles. The lowest BCUT2D eigenvalue weighted by Crippen LogP contribution is -2.71. The number of piperazine rings is 1. The number of aryl methyl sites for hydroxylation is 1. The third kappa shape index (κ3) is 8.19. The summed E-state index contributed by atoms with van der Waals surface area (Å²) in [6.07, 6.45) is 2.03. The molecule has 4 aromatic rings. The van der Waals surface area contributed by atoms with Gasteiger partial charge in [0.15, 0.2) is 0 Å². The van der Waals surface area contributed by atoms with E-state index in [9.17, 15) is 24.4 Å². The number of benzene rings is 3. The van der Waals surface area contributed by atoms with Crippen molar-refractivity contribution in [1.82, 2.24) is 30.0 Å². The number of piperidine rings is 1. The summed E-state index contributed by atoms with van der Waals surface area (Å²) in [5.41, 5.74) is 5.45. The number of imide groups is 2. The van der Waals surface area contributed by atoms with E-state index in [1.165, 1.54) is 0 Å². The fourth-order valence-corrected chi connectivity index (χ4v) is 9.39. The number of nitrogens with one attached hydrogen (secondary N) is 1. The Balaban J connectivity index is 0.721. The predicted molar refractivity (Wildman–Crippen MR) is 235 cm³/mol. The molecule has 3 aromatic carbocycles. The van der Waals surface area contributed by atoms with Crippen LogP contribution in [-0.2, 0) is 21.6 Å². The molecule has 0 bridgehead atoms. The molecule has 4 amide bonds. The molecule has 5 aliphatic rings. The van der Waals surface area contributed by atoms with Crippen molar-refractivity contribution in [3.63, 3.8) is 0 Å². The van der Waals surface area contributed by atoms with Crippen LogP contribution in [-0.4, -0.2) is 131 Å². The molecule has 0 radical (unpaired) electrons. The molecule has 15 nitrogen and oxygen atoms in total. The molecule has 63 heavy (non-hydrogen) atoms. The molecule has 1 aromatic heterocycles. The fourth-order valence-electron chi connectivity index (χ4n) is 9.32. The lowest BCUT2D eigenvalue weighted by Gasteiger charge is -2.55. The fraction of sp³-hybridized carbons (Fsp3) is 0.426. The van der Waals surface area contributed by atoms with E-state index in [1.807, 2.05) is 37.3 Å². The molecule has 9 rings (SSSR count). The first-order valence-electron chi connectivity index (χ1n) is 21.5. The first-order valence-corrected chi connectivity index (χ1v) is 22.1. The maximum absolute atomic E-state index is 13.3. The largest absolute Gasteiger partial charge is 0.491 e. The lowest BCUT2D eigenvalue weighted by molar-refractivity contribution is -0.136. The van der Waals surface area contributed by atoms with Gasteiger partial charge in [0.25, 0.3) is 11.8 Å². The van der Waals surface area contributed by atoms with Crippen LogP contribution in [0.15, 0.2) is 66.9 Å². The number of halogens is 1. The predicted octanol–water partition coefficient (Wildman–Crippen LogP) is 4.28. The molecule has 4 fully saturated rings. The van der Waals surface area contributed by atoms with Gasteiger partial charge in [-0.05, 0) is 72.5 Å². The number of hydrogen-bond acceptors (Lipinski definition) is 13. The summed E-state index contributed by atoms with van der Waals surface area (Å²) in [6.45, 7) is 14.1. The van der Waals surface area contributed by atoms with Gasteiger partial charge in [0.05, 0.1) is 28.3 Å². The lowest BCUT2D eigenvalue weighted by atomic mass is 9.77. The van der Waals surface area contributed by atoms with Crippen molar-refractivity contribution in [2.24, 2.45) is 0 Å². The molecule has 1 N–H and O–H groups in total. The summed E-state index contributed by atoms with van der Waals surface area (Å²) in [6, 6.07) is 21.5. The van der Waals surface area contributed by atoms with Crippen LogP contribution in [0.25, 0.3) is 0 Å². The summed E-state index contributed by atoms with van der Waals surface area (Å²) >= 11 is 5.82. The minimum Gasteiger partial charge on any atom is -0.491 e. The van der Waals surface area contributed by atoms with Gasteiger partial charge in [-0.1, -0.05) is 32.0 Å². The molecule has 0 aliphatic carbocycles. The Morgan fingerprint density at radius 2 is 1.57 bits per heavy atom. The average Bonchev–Trinajstić information content (AvgIpc) is 3.50. The van der Waals surface area contributed by atoms with Gasteiger partial charge in [0, 0.05) is 88.2 Å². The van der Waals surface area contributed by atoms with Crippen LogP contribution in [0.5, 0.6) is 11.5 Å². The Hall–Kier alpha value is -6.08. The minimum atomic E-state index is -0.971. The number of nitriles is 1. The number of aromatic nitrogens is 2. The van der Waals surface area contributed by atoms with Crippen LogP contribution >= 0.6 is 11.6 Å². The maximum atomic E-state index is 13.3. The summed E-state index contributed by atoms with van der Waals surface area (Å²) in [7, 11) is 0. The van der Waals surface area contributed by atoms with E-state index >= 15 is 0 Å². The normalized spacial score (nSPS) is 20.0. The molecular formula is C47H50ClN9O6. The molecular weight excluding hydrogens is 822 g/mol. The monoisotopic (exact) mass is 871 g/mol. The van der Waals surface area contributed by atoms with Gasteiger partial charge in [-0.3, -0.25) is 39.2 Å². The number of carbonyl (C=O) groups excluding carboxylic acids is 4.